The summed E-state index contributed by atoms with van der Waals surface area (Å²) in [6.07, 6.45) is 0.487. The molecule has 1 fully saturated rings. The van der Waals surface area contributed by atoms with Gasteiger partial charge in [-0.1, -0.05) is 11.5 Å². The molecule has 104 valence electrons. The first-order chi connectivity index (χ1) is 8.21. The minimum atomic E-state index is -0.302. The third-order valence-corrected chi connectivity index (χ3v) is 3.71. The van der Waals surface area contributed by atoms with Gasteiger partial charge in [0.25, 0.3) is 0 Å². The fourth-order valence-electron chi connectivity index (χ4n) is 1.78. The molecule has 0 spiro atoms. The summed E-state index contributed by atoms with van der Waals surface area (Å²) in [6, 6.07) is 0. The lowest BCUT2D eigenvalue weighted by Crippen LogP contribution is -2.41. The van der Waals surface area contributed by atoms with Gasteiger partial charge in [0.15, 0.2) is 6.29 Å². The van der Waals surface area contributed by atoms with Crippen LogP contribution in [0.2, 0.25) is 0 Å². The van der Waals surface area contributed by atoms with Crippen molar-refractivity contribution in [3.63, 3.8) is 0 Å². The molecule has 1 saturated heterocycles. The molecule has 1 aliphatic rings. The fraction of sp³-hybridized carbons (Fsp3) is 0.846. The average molecular weight is 256 g/mol. The summed E-state index contributed by atoms with van der Waals surface area (Å²) in [5.74, 6) is 1.99. The van der Waals surface area contributed by atoms with Crippen LogP contribution in [0.3, 0.4) is 0 Å². The third-order valence-electron chi connectivity index (χ3n) is 3.71. The normalized spacial score (nSPS) is 22.9. The van der Waals surface area contributed by atoms with E-state index < -0.39 is 0 Å². The lowest BCUT2D eigenvalue weighted by Gasteiger charge is -2.32. The van der Waals surface area contributed by atoms with E-state index in [0.29, 0.717) is 6.42 Å². The molecule has 1 rings (SSSR count). The van der Waals surface area contributed by atoms with Crippen LogP contribution in [0.4, 0.5) is 0 Å². The fourth-order valence-corrected chi connectivity index (χ4v) is 1.78. The Balaban J connectivity index is 2.63. The number of rotatable bonds is 5. The number of ether oxygens (including phenoxy) is 2. The largest absolute Gasteiger partial charge is 0.487 e. The van der Waals surface area contributed by atoms with Crippen molar-refractivity contribution in [2.24, 2.45) is 0 Å². The highest BCUT2D eigenvalue weighted by atomic mass is 16.7. The van der Waals surface area contributed by atoms with Crippen LogP contribution in [0.25, 0.3) is 0 Å². The highest BCUT2D eigenvalue weighted by Crippen LogP contribution is 2.37. The van der Waals surface area contributed by atoms with Gasteiger partial charge in [-0.05, 0) is 34.6 Å². The first kappa shape index (κ1) is 15.7. The molecule has 0 aliphatic carbocycles. The standard InChI is InChI=1S/C13H25BO4/c1-10(8-11(15-6)16-7)9-14-17-12(2,3)13(4,5)18-14/h9,11H,8H2,1-7H3/b10-9+. The van der Waals surface area contributed by atoms with Crippen LogP contribution in [-0.4, -0.2) is 38.8 Å². The summed E-state index contributed by atoms with van der Waals surface area (Å²) in [7, 11) is 2.97. The molecular formula is C13H25BO4. The monoisotopic (exact) mass is 256 g/mol. The maximum Gasteiger partial charge on any atom is 0.487 e. The maximum absolute atomic E-state index is 5.90. The lowest BCUT2D eigenvalue weighted by atomic mass is 9.86. The maximum atomic E-state index is 5.90. The highest BCUT2D eigenvalue weighted by Gasteiger charge is 2.50. The Morgan fingerprint density at radius 2 is 1.56 bits per heavy atom. The summed E-state index contributed by atoms with van der Waals surface area (Å²) in [6.45, 7) is 10.2. The second-order valence-corrected chi connectivity index (χ2v) is 5.74. The van der Waals surface area contributed by atoms with Crippen molar-refractivity contribution in [2.45, 2.75) is 58.5 Å². The van der Waals surface area contributed by atoms with Gasteiger partial charge in [0, 0.05) is 20.6 Å². The van der Waals surface area contributed by atoms with Crippen molar-refractivity contribution in [3.8, 4) is 0 Å². The second kappa shape index (κ2) is 5.74. The molecule has 0 amide bonds. The van der Waals surface area contributed by atoms with Crippen molar-refractivity contribution >= 4 is 7.12 Å². The topological polar surface area (TPSA) is 36.9 Å². The molecule has 1 heterocycles. The van der Waals surface area contributed by atoms with E-state index in [4.69, 9.17) is 18.8 Å². The molecule has 0 unspecified atom stereocenters. The zero-order chi connectivity index (χ0) is 14.0. The van der Waals surface area contributed by atoms with E-state index in [0.717, 1.165) is 5.57 Å². The molecule has 0 aromatic rings. The summed E-state index contributed by atoms with van der Waals surface area (Å²) in [5.41, 5.74) is 0.536. The Labute approximate surface area is 111 Å². The smallest absolute Gasteiger partial charge is 0.400 e. The summed E-state index contributed by atoms with van der Waals surface area (Å²) < 4.78 is 22.2. The van der Waals surface area contributed by atoms with E-state index >= 15 is 0 Å². The quantitative estimate of drug-likeness (QED) is 0.559. The SMILES string of the molecule is COC(C/C(C)=C/B1OC(C)(C)C(C)(C)O1)OC. The highest BCUT2D eigenvalue weighted by molar-refractivity contribution is 6.51. The molecule has 0 atom stereocenters. The van der Waals surface area contributed by atoms with Gasteiger partial charge in [0.05, 0.1) is 11.2 Å². The predicted molar refractivity (Wildman–Crippen MR) is 72.3 cm³/mol. The second-order valence-electron chi connectivity index (χ2n) is 5.74. The minimum Gasteiger partial charge on any atom is -0.400 e. The van der Waals surface area contributed by atoms with Crippen LogP contribution in [0.1, 0.15) is 41.0 Å². The van der Waals surface area contributed by atoms with E-state index in [1.807, 2.05) is 40.6 Å². The van der Waals surface area contributed by atoms with Crippen molar-refractivity contribution in [3.05, 3.63) is 11.5 Å². The van der Waals surface area contributed by atoms with E-state index in [9.17, 15) is 0 Å². The lowest BCUT2D eigenvalue weighted by molar-refractivity contribution is -0.100. The van der Waals surface area contributed by atoms with Gasteiger partial charge in [-0.25, -0.2) is 0 Å². The minimum absolute atomic E-state index is 0.219. The summed E-state index contributed by atoms with van der Waals surface area (Å²) >= 11 is 0. The van der Waals surface area contributed by atoms with Crippen LogP contribution >= 0.6 is 0 Å². The molecule has 18 heavy (non-hydrogen) atoms. The number of hydrogen-bond acceptors (Lipinski definition) is 4. The van der Waals surface area contributed by atoms with Crippen LogP contribution in [0.15, 0.2) is 11.5 Å². The molecule has 0 bridgehead atoms. The van der Waals surface area contributed by atoms with Crippen molar-refractivity contribution in [2.75, 3.05) is 14.2 Å². The number of methoxy groups -OCH3 is 2. The molecule has 4 nitrogen and oxygen atoms in total. The van der Waals surface area contributed by atoms with E-state index in [2.05, 4.69) is 0 Å². The van der Waals surface area contributed by atoms with Crippen molar-refractivity contribution in [1.29, 1.82) is 0 Å². The number of hydrogen-bond donors (Lipinski definition) is 0. The van der Waals surface area contributed by atoms with Crippen molar-refractivity contribution in [1.82, 2.24) is 0 Å². The van der Waals surface area contributed by atoms with Gasteiger partial charge in [-0.3, -0.25) is 0 Å². The Kier molecular flexibility index (Phi) is 5.01. The zero-order valence-electron chi connectivity index (χ0n) is 12.6. The molecular weight excluding hydrogens is 231 g/mol. The first-order valence-electron chi connectivity index (χ1n) is 6.30. The van der Waals surface area contributed by atoms with Crippen LogP contribution in [-0.2, 0) is 18.8 Å². The van der Waals surface area contributed by atoms with Gasteiger partial charge >= 0.3 is 7.12 Å². The predicted octanol–water partition coefficient (Wildman–Crippen LogP) is 2.57. The van der Waals surface area contributed by atoms with Crippen LogP contribution in [0.5, 0.6) is 0 Å². The average Bonchev–Trinajstić information content (AvgIpc) is 2.43. The van der Waals surface area contributed by atoms with E-state index in [1.54, 1.807) is 14.2 Å². The Hall–Kier alpha value is -0.355. The van der Waals surface area contributed by atoms with Gasteiger partial charge in [-0.15, -0.1) is 0 Å². The summed E-state index contributed by atoms with van der Waals surface area (Å²) in [5, 5.41) is 0. The molecule has 1 aliphatic heterocycles. The Morgan fingerprint density at radius 1 is 1.11 bits per heavy atom. The third kappa shape index (κ3) is 3.57. The van der Waals surface area contributed by atoms with Crippen molar-refractivity contribution < 1.29 is 18.8 Å². The molecule has 0 aromatic carbocycles. The van der Waals surface area contributed by atoms with E-state index in [-0.39, 0.29) is 24.6 Å². The first-order valence-corrected chi connectivity index (χ1v) is 6.30. The zero-order valence-corrected chi connectivity index (χ0v) is 12.6. The van der Waals surface area contributed by atoms with Gasteiger partial charge < -0.3 is 18.8 Å². The molecule has 5 heteroatoms. The van der Waals surface area contributed by atoms with Crippen LogP contribution in [0, 0.1) is 0 Å². The van der Waals surface area contributed by atoms with Crippen LogP contribution < -0.4 is 0 Å². The summed E-state index contributed by atoms with van der Waals surface area (Å²) in [4.78, 5) is 0. The molecule has 0 radical (unpaired) electrons. The van der Waals surface area contributed by atoms with Gasteiger partial charge in [-0.2, -0.15) is 0 Å². The Morgan fingerprint density at radius 3 is 1.94 bits per heavy atom. The molecule has 0 aromatic heterocycles. The Bertz CT molecular complexity index is 292. The van der Waals surface area contributed by atoms with Gasteiger partial charge in [0.2, 0.25) is 0 Å². The molecule has 0 N–H and O–H groups in total. The van der Waals surface area contributed by atoms with Gasteiger partial charge in [0.1, 0.15) is 0 Å². The van der Waals surface area contributed by atoms with E-state index in [1.165, 1.54) is 0 Å². The molecule has 0 saturated carbocycles.